The van der Waals surface area contributed by atoms with Crippen molar-refractivity contribution in [3.05, 3.63) is 29.6 Å². The van der Waals surface area contributed by atoms with Crippen molar-refractivity contribution in [2.24, 2.45) is 5.41 Å². The lowest BCUT2D eigenvalue weighted by molar-refractivity contribution is -0.157. The van der Waals surface area contributed by atoms with Crippen molar-refractivity contribution in [1.82, 2.24) is 0 Å². The first-order valence-electron chi connectivity index (χ1n) is 8.18. The monoisotopic (exact) mass is 341 g/mol. The Morgan fingerprint density at radius 3 is 2.65 bits per heavy atom. The molecule has 2 atom stereocenters. The molecule has 1 aromatic carbocycles. The maximum Gasteiger partial charge on any atom is 0.151 e. The summed E-state index contributed by atoms with van der Waals surface area (Å²) in [7, 11) is -3.23. The Hall–Kier alpha value is -1.14. The van der Waals surface area contributed by atoms with Crippen molar-refractivity contribution < 1.29 is 17.5 Å². The van der Waals surface area contributed by atoms with E-state index in [1.807, 2.05) is 6.92 Å². The Labute approximate surface area is 137 Å². The van der Waals surface area contributed by atoms with E-state index in [1.165, 1.54) is 12.5 Å². The van der Waals surface area contributed by atoms with Crippen LogP contribution in [0.1, 0.15) is 38.2 Å². The van der Waals surface area contributed by atoms with Crippen molar-refractivity contribution in [2.45, 2.75) is 50.5 Å². The van der Waals surface area contributed by atoms with Crippen molar-refractivity contribution in [1.29, 1.82) is 0 Å². The molecular formula is C17H24FNO3S. The van der Waals surface area contributed by atoms with Gasteiger partial charge in [0.15, 0.2) is 9.84 Å². The van der Waals surface area contributed by atoms with Gasteiger partial charge in [0.2, 0.25) is 0 Å². The van der Waals surface area contributed by atoms with Crippen molar-refractivity contribution in [3.63, 3.8) is 0 Å². The van der Waals surface area contributed by atoms with Gasteiger partial charge in [0, 0.05) is 35.6 Å². The molecule has 2 aliphatic rings. The molecule has 0 bridgehead atoms. The van der Waals surface area contributed by atoms with Crippen LogP contribution in [0, 0.1) is 11.2 Å². The summed E-state index contributed by atoms with van der Waals surface area (Å²) in [5.41, 5.74) is 1.14. The zero-order valence-electron chi connectivity index (χ0n) is 13.6. The molecule has 0 heterocycles. The standard InChI is InChI=1S/C17H24FNO3S/c1-3-22-16-10-15(17(16)7-4-8-17)19-13-6-5-12(14(18)9-13)11-23(2,20)21/h5-6,9,15-16,19H,3-4,7-8,10-11H2,1-2H3. The topological polar surface area (TPSA) is 55.4 Å². The number of rotatable bonds is 6. The van der Waals surface area contributed by atoms with Crippen LogP contribution in [0.2, 0.25) is 0 Å². The van der Waals surface area contributed by atoms with Gasteiger partial charge < -0.3 is 10.1 Å². The summed E-state index contributed by atoms with van der Waals surface area (Å²) in [4.78, 5) is 0. The number of hydrogen-bond acceptors (Lipinski definition) is 4. The number of hydrogen-bond donors (Lipinski definition) is 1. The molecule has 2 unspecified atom stereocenters. The molecule has 6 heteroatoms. The third-order valence-electron chi connectivity index (χ3n) is 5.25. The van der Waals surface area contributed by atoms with Gasteiger partial charge in [0.25, 0.3) is 0 Å². The van der Waals surface area contributed by atoms with E-state index in [4.69, 9.17) is 4.74 Å². The summed E-state index contributed by atoms with van der Waals surface area (Å²) in [5, 5.41) is 3.42. The Balaban J connectivity index is 1.68. The van der Waals surface area contributed by atoms with Crippen molar-refractivity contribution >= 4 is 15.5 Å². The van der Waals surface area contributed by atoms with Crippen LogP contribution < -0.4 is 5.32 Å². The number of ether oxygens (including phenoxy) is 1. The van der Waals surface area contributed by atoms with Gasteiger partial charge in [-0.3, -0.25) is 0 Å². The zero-order valence-corrected chi connectivity index (χ0v) is 14.5. The summed E-state index contributed by atoms with van der Waals surface area (Å²) < 4.78 is 42.5. The molecule has 4 nitrogen and oxygen atoms in total. The second-order valence-electron chi connectivity index (χ2n) is 6.84. The smallest absolute Gasteiger partial charge is 0.151 e. The van der Waals surface area contributed by atoms with Crippen LogP contribution in [0.15, 0.2) is 18.2 Å². The third kappa shape index (κ3) is 3.24. The van der Waals surface area contributed by atoms with Crippen LogP contribution in [0.4, 0.5) is 10.1 Å². The van der Waals surface area contributed by atoms with E-state index in [0.29, 0.717) is 17.8 Å². The maximum atomic E-state index is 14.1. The SMILES string of the molecule is CCOC1CC(Nc2ccc(CS(C)(=O)=O)c(F)c2)C12CCC2. The minimum atomic E-state index is -3.23. The van der Waals surface area contributed by atoms with Crippen LogP contribution in [0.5, 0.6) is 0 Å². The molecule has 0 aliphatic heterocycles. The quantitative estimate of drug-likeness (QED) is 0.864. The number of anilines is 1. The molecule has 0 amide bonds. The van der Waals surface area contributed by atoms with Gasteiger partial charge in [-0.15, -0.1) is 0 Å². The lowest BCUT2D eigenvalue weighted by atomic mass is 9.51. The van der Waals surface area contributed by atoms with Crippen LogP contribution in [-0.2, 0) is 20.3 Å². The number of sulfone groups is 1. The molecule has 2 fully saturated rings. The molecule has 128 valence electrons. The first-order chi connectivity index (χ1) is 10.8. The second kappa shape index (κ2) is 6.06. The molecule has 2 saturated carbocycles. The molecule has 2 aliphatic carbocycles. The van der Waals surface area contributed by atoms with Crippen LogP contribution in [-0.4, -0.2) is 33.4 Å². The zero-order chi connectivity index (χ0) is 16.7. The normalized spacial score (nSPS) is 25.7. The van der Waals surface area contributed by atoms with E-state index in [9.17, 15) is 12.8 Å². The summed E-state index contributed by atoms with van der Waals surface area (Å²) in [5.74, 6) is -0.734. The molecule has 1 N–H and O–H groups in total. The van der Waals surface area contributed by atoms with Crippen LogP contribution in [0.3, 0.4) is 0 Å². The fourth-order valence-electron chi connectivity index (χ4n) is 3.88. The molecule has 0 radical (unpaired) electrons. The summed E-state index contributed by atoms with van der Waals surface area (Å²) in [6.07, 6.45) is 5.91. The highest BCUT2D eigenvalue weighted by atomic mass is 32.2. The third-order valence-corrected chi connectivity index (χ3v) is 6.08. The number of benzene rings is 1. The highest BCUT2D eigenvalue weighted by molar-refractivity contribution is 7.89. The first kappa shape index (κ1) is 16.7. The first-order valence-corrected chi connectivity index (χ1v) is 10.2. The van der Waals surface area contributed by atoms with Crippen LogP contribution in [0.25, 0.3) is 0 Å². The molecule has 23 heavy (non-hydrogen) atoms. The van der Waals surface area contributed by atoms with Gasteiger partial charge >= 0.3 is 0 Å². The average Bonchev–Trinajstić information content (AvgIpc) is 2.37. The lowest BCUT2D eigenvalue weighted by Gasteiger charge is -2.61. The highest BCUT2D eigenvalue weighted by Gasteiger charge is 2.58. The van der Waals surface area contributed by atoms with E-state index in [-0.39, 0.29) is 16.7 Å². The second-order valence-corrected chi connectivity index (χ2v) is 8.98. The van der Waals surface area contributed by atoms with E-state index < -0.39 is 15.7 Å². The van der Waals surface area contributed by atoms with Gasteiger partial charge in [-0.2, -0.15) is 0 Å². The van der Waals surface area contributed by atoms with Crippen molar-refractivity contribution in [2.75, 3.05) is 18.2 Å². The minimum Gasteiger partial charge on any atom is -0.381 e. The van der Waals surface area contributed by atoms with E-state index in [2.05, 4.69) is 5.32 Å². The Kier molecular flexibility index (Phi) is 4.40. The summed E-state index contributed by atoms with van der Waals surface area (Å²) in [6, 6.07) is 5.04. The van der Waals surface area contributed by atoms with Gasteiger partial charge in [-0.05, 0) is 38.3 Å². The summed E-state index contributed by atoms with van der Waals surface area (Å²) >= 11 is 0. The number of halogens is 1. The maximum absolute atomic E-state index is 14.1. The van der Waals surface area contributed by atoms with Gasteiger partial charge in [0.05, 0.1) is 11.9 Å². The van der Waals surface area contributed by atoms with E-state index >= 15 is 0 Å². The Bertz CT molecular complexity index is 685. The molecule has 3 rings (SSSR count). The van der Waals surface area contributed by atoms with Crippen molar-refractivity contribution in [3.8, 4) is 0 Å². The van der Waals surface area contributed by atoms with Crippen LogP contribution >= 0.6 is 0 Å². The fourth-order valence-corrected chi connectivity index (χ4v) is 4.68. The molecule has 0 aromatic heterocycles. The molecule has 1 aromatic rings. The minimum absolute atomic E-state index is 0.206. The van der Waals surface area contributed by atoms with E-state index in [0.717, 1.165) is 32.1 Å². The molecular weight excluding hydrogens is 317 g/mol. The summed E-state index contributed by atoms with van der Waals surface area (Å²) in [6.45, 7) is 2.75. The highest BCUT2D eigenvalue weighted by Crippen LogP contribution is 2.58. The van der Waals surface area contributed by atoms with Gasteiger partial charge in [-0.1, -0.05) is 12.5 Å². The predicted octanol–water partition coefficient (Wildman–Crippen LogP) is 3.13. The average molecular weight is 341 g/mol. The molecule has 0 saturated heterocycles. The largest absolute Gasteiger partial charge is 0.381 e. The van der Waals surface area contributed by atoms with Gasteiger partial charge in [0.1, 0.15) is 5.82 Å². The lowest BCUT2D eigenvalue weighted by Crippen LogP contribution is -2.64. The Morgan fingerprint density at radius 1 is 1.39 bits per heavy atom. The molecule has 1 spiro atoms. The van der Waals surface area contributed by atoms with E-state index in [1.54, 1.807) is 12.1 Å². The van der Waals surface area contributed by atoms with Gasteiger partial charge in [-0.25, -0.2) is 12.8 Å². The number of nitrogens with one attached hydrogen (secondary N) is 1. The predicted molar refractivity (Wildman–Crippen MR) is 88.7 cm³/mol. The fraction of sp³-hybridized carbons (Fsp3) is 0.647. The Morgan fingerprint density at radius 2 is 2.13 bits per heavy atom.